The summed E-state index contributed by atoms with van der Waals surface area (Å²) in [6.07, 6.45) is 4.19. The molecular formula is C26H23NO2S. The summed E-state index contributed by atoms with van der Waals surface area (Å²) in [5, 5.41) is 0. The number of rotatable bonds is 2. The van der Waals surface area contributed by atoms with Crippen molar-refractivity contribution >= 4 is 16.1 Å². The number of nitrogens with zero attached hydrogens (tertiary/aromatic N) is 1. The molecule has 1 heterocycles. The van der Waals surface area contributed by atoms with Crippen molar-refractivity contribution < 1.29 is 8.42 Å². The maximum atomic E-state index is 13.9. The molecule has 1 spiro atoms. The first kappa shape index (κ1) is 18.0. The third-order valence-corrected chi connectivity index (χ3v) is 9.01. The molecule has 0 unspecified atom stereocenters. The van der Waals surface area contributed by atoms with E-state index in [1.54, 1.807) is 16.4 Å². The molecule has 30 heavy (non-hydrogen) atoms. The van der Waals surface area contributed by atoms with Crippen molar-refractivity contribution in [3.63, 3.8) is 0 Å². The minimum absolute atomic E-state index is 0.249. The van der Waals surface area contributed by atoms with Crippen LogP contribution in [0.15, 0.2) is 83.4 Å². The van der Waals surface area contributed by atoms with E-state index in [2.05, 4.69) is 42.5 Å². The van der Waals surface area contributed by atoms with Crippen LogP contribution >= 0.6 is 0 Å². The summed E-state index contributed by atoms with van der Waals surface area (Å²) in [6, 6.07) is 24.0. The Bertz CT molecular complexity index is 1310. The molecule has 0 saturated heterocycles. The van der Waals surface area contributed by atoms with E-state index >= 15 is 0 Å². The second-order valence-corrected chi connectivity index (χ2v) is 10.6. The average Bonchev–Trinajstić information content (AvgIpc) is 3.05. The van der Waals surface area contributed by atoms with Crippen LogP contribution in [0.2, 0.25) is 0 Å². The Labute approximate surface area is 177 Å². The number of hydrogen-bond acceptors (Lipinski definition) is 2. The topological polar surface area (TPSA) is 37.4 Å². The average molecular weight is 414 g/mol. The molecule has 2 atom stereocenters. The van der Waals surface area contributed by atoms with Crippen LogP contribution in [0.5, 0.6) is 0 Å². The summed E-state index contributed by atoms with van der Waals surface area (Å²) in [4.78, 5) is 0.357. The maximum absolute atomic E-state index is 13.9. The van der Waals surface area contributed by atoms with Crippen molar-refractivity contribution in [1.82, 2.24) is 4.31 Å². The highest BCUT2D eigenvalue weighted by molar-refractivity contribution is 7.89. The van der Waals surface area contributed by atoms with Crippen molar-refractivity contribution in [2.75, 3.05) is 0 Å². The van der Waals surface area contributed by atoms with Gasteiger partial charge < -0.3 is 0 Å². The molecule has 3 aromatic carbocycles. The van der Waals surface area contributed by atoms with Crippen LogP contribution in [0.1, 0.15) is 46.6 Å². The van der Waals surface area contributed by atoms with E-state index in [1.165, 1.54) is 11.1 Å². The van der Waals surface area contributed by atoms with Gasteiger partial charge in [-0.05, 0) is 66.1 Å². The lowest BCUT2D eigenvalue weighted by atomic mass is 9.54. The molecule has 3 nitrogen and oxygen atoms in total. The summed E-state index contributed by atoms with van der Waals surface area (Å²) in [7, 11) is -3.68. The lowest BCUT2D eigenvalue weighted by Crippen LogP contribution is -2.47. The van der Waals surface area contributed by atoms with Gasteiger partial charge >= 0.3 is 0 Å². The zero-order chi connectivity index (χ0) is 20.5. The Morgan fingerprint density at radius 1 is 0.933 bits per heavy atom. The zero-order valence-corrected chi connectivity index (χ0v) is 17.7. The monoisotopic (exact) mass is 413 g/mol. The normalized spacial score (nSPS) is 24.0. The van der Waals surface area contributed by atoms with E-state index in [9.17, 15) is 8.42 Å². The van der Waals surface area contributed by atoms with Crippen molar-refractivity contribution in [3.05, 3.63) is 106 Å². The Kier molecular flexibility index (Phi) is 3.64. The fourth-order valence-electron chi connectivity index (χ4n) is 5.67. The van der Waals surface area contributed by atoms with Gasteiger partial charge in [0.2, 0.25) is 0 Å². The van der Waals surface area contributed by atoms with Crippen LogP contribution in [-0.4, -0.2) is 12.7 Å². The van der Waals surface area contributed by atoms with Gasteiger partial charge in [-0.15, -0.1) is 0 Å². The number of benzene rings is 3. The largest absolute Gasteiger partial charge is 0.265 e. The van der Waals surface area contributed by atoms with Crippen molar-refractivity contribution in [2.24, 2.45) is 0 Å². The third kappa shape index (κ3) is 2.23. The smallest absolute Gasteiger partial charge is 0.264 e. The molecule has 3 aliphatic rings. The summed E-state index contributed by atoms with van der Waals surface area (Å²) in [6.45, 7) is 2.35. The molecule has 4 heteroatoms. The molecule has 1 saturated carbocycles. The predicted octanol–water partition coefficient (Wildman–Crippen LogP) is 5.37. The van der Waals surface area contributed by atoms with Gasteiger partial charge in [-0.25, -0.2) is 8.42 Å². The number of sulfonamides is 1. The predicted molar refractivity (Wildman–Crippen MR) is 118 cm³/mol. The van der Waals surface area contributed by atoms with Gasteiger partial charge in [0.25, 0.3) is 10.0 Å². The molecular weight excluding hydrogens is 390 g/mol. The molecule has 0 bridgehead atoms. The fourth-order valence-corrected chi connectivity index (χ4v) is 7.19. The van der Waals surface area contributed by atoms with Crippen LogP contribution in [-0.2, 0) is 22.0 Å². The van der Waals surface area contributed by atoms with Gasteiger partial charge in [0.15, 0.2) is 0 Å². The van der Waals surface area contributed by atoms with Gasteiger partial charge in [0.05, 0.1) is 11.4 Å². The number of hydrogen-bond donors (Lipinski definition) is 0. The van der Waals surface area contributed by atoms with Crippen molar-refractivity contribution in [2.45, 2.75) is 42.5 Å². The standard InChI is InChI=1S/C26H23NO2S/c1-18-10-12-21(13-11-18)30(28,29)27-17-20-7-2-4-8-22(20)24-14-15-26(24)23-9-5-3-6-19(23)16-25(26)27/h2-13,16,24H,14-15,17H2,1H3/t24-,26+/m1/s1. The van der Waals surface area contributed by atoms with E-state index < -0.39 is 10.0 Å². The molecule has 0 aromatic heterocycles. The highest BCUT2D eigenvalue weighted by atomic mass is 32.2. The summed E-state index contributed by atoms with van der Waals surface area (Å²) in [5.74, 6) is 0.321. The van der Waals surface area contributed by atoms with Gasteiger partial charge in [-0.3, -0.25) is 4.31 Å². The van der Waals surface area contributed by atoms with Gasteiger partial charge in [0.1, 0.15) is 0 Å². The summed E-state index contributed by atoms with van der Waals surface area (Å²) >= 11 is 0. The Hall–Kier alpha value is -2.85. The third-order valence-electron chi connectivity index (χ3n) is 7.24. The van der Waals surface area contributed by atoms with Crippen LogP contribution < -0.4 is 0 Å². The molecule has 3 aromatic rings. The SMILES string of the molecule is Cc1ccc(S(=O)(=O)N2Cc3ccccc3[C@H]3CC[C@@]34C2=Cc2ccccc24)cc1. The van der Waals surface area contributed by atoms with Crippen LogP contribution in [0.25, 0.3) is 6.08 Å². The van der Waals surface area contributed by atoms with Gasteiger partial charge in [0, 0.05) is 11.1 Å². The zero-order valence-electron chi connectivity index (χ0n) is 16.9. The number of allylic oxidation sites excluding steroid dienone is 1. The molecule has 2 aliphatic carbocycles. The van der Waals surface area contributed by atoms with Gasteiger partial charge in [-0.2, -0.15) is 0 Å². The second kappa shape index (κ2) is 6.08. The highest BCUT2D eigenvalue weighted by Gasteiger charge is 2.58. The molecule has 1 fully saturated rings. The molecule has 6 rings (SSSR count). The second-order valence-electron chi connectivity index (χ2n) is 8.70. The lowest BCUT2D eigenvalue weighted by molar-refractivity contribution is 0.216. The molecule has 0 N–H and O–H groups in total. The maximum Gasteiger partial charge on any atom is 0.264 e. The number of aryl methyl sites for hydroxylation is 1. The van der Waals surface area contributed by atoms with Crippen molar-refractivity contribution in [1.29, 1.82) is 0 Å². The molecule has 0 radical (unpaired) electrons. The van der Waals surface area contributed by atoms with E-state index in [-0.39, 0.29) is 5.41 Å². The van der Waals surface area contributed by atoms with Crippen LogP contribution in [0, 0.1) is 6.92 Å². The quantitative estimate of drug-likeness (QED) is 0.566. The van der Waals surface area contributed by atoms with Crippen molar-refractivity contribution in [3.8, 4) is 0 Å². The van der Waals surface area contributed by atoms with Gasteiger partial charge in [-0.1, -0.05) is 66.2 Å². The minimum Gasteiger partial charge on any atom is -0.265 e. The minimum atomic E-state index is -3.68. The van der Waals surface area contributed by atoms with E-state index in [1.807, 2.05) is 31.2 Å². The molecule has 150 valence electrons. The van der Waals surface area contributed by atoms with E-state index in [0.717, 1.165) is 35.2 Å². The molecule has 0 amide bonds. The fraction of sp³-hybridized carbons (Fsp3) is 0.231. The molecule has 1 aliphatic heterocycles. The van der Waals surface area contributed by atoms with E-state index in [0.29, 0.717) is 17.4 Å². The summed E-state index contributed by atoms with van der Waals surface area (Å²) in [5.41, 5.74) is 6.59. The lowest BCUT2D eigenvalue weighted by Gasteiger charge is -2.50. The first-order valence-corrected chi connectivity index (χ1v) is 11.9. The Morgan fingerprint density at radius 2 is 1.67 bits per heavy atom. The highest BCUT2D eigenvalue weighted by Crippen LogP contribution is 2.65. The van der Waals surface area contributed by atoms with Crippen LogP contribution in [0.3, 0.4) is 0 Å². The van der Waals surface area contributed by atoms with E-state index in [4.69, 9.17) is 0 Å². The summed E-state index contributed by atoms with van der Waals surface area (Å²) < 4.78 is 29.5. The van der Waals surface area contributed by atoms with Crippen LogP contribution in [0.4, 0.5) is 0 Å². The first-order valence-electron chi connectivity index (χ1n) is 10.5. The number of fused-ring (bicyclic) bond motifs is 3. The Balaban J connectivity index is 1.61. The first-order chi connectivity index (χ1) is 14.5. The Morgan fingerprint density at radius 3 is 2.43 bits per heavy atom.